The van der Waals surface area contributed by atoms with Crippen molar-refractivity contribution in [2.24, 2.45) is 4.99 Å². The van der Waals surface area contributed by atoms with Gasteiger partial charge in [-0.3, -0.25) is 15.1 Å². The summed E-state index contributed by atoms with van der Waals surface area (Å²) < 4.78 is 10.6. The Balaban J connectivity index is 1.62. The summed E-state index contributed by atoms with van der Waals surface area (Å²) >= 11 is 6.15. The number of hydrogen-bond acceptors (Lipinski definition) is 5. The second-order valence-corrected chi connectivity index (χ2v) is 8.20. The van der Waals surface area contributed by atoms with Gasteiger partial charge in [0.25, 0.3) is 5.91 Å². The van der Waals surface area contributed by atoms with Gasteiger partial charge in [0.15, 0.2) is 0 Å². The van der Waals surface area contributed by atoms with Crippen LogP contribution in [0.3, 0.4) is 0 Å². The molecule has 2 aliphatic heterocycles. The zero-order valence-corrected chi connectivity index (χ0v) is 18.5. The zero-order chi connectivity index (χ0) is 21.8. The fourth-order valence-electron chi connectivity index (χ4n) is 4.17. The second kappa shape index (κ2) is 9.26. The van der Waals surface area contributed by atoms with E-state index in [2.05, 4.69) is 22.8 Å². The first-order valence-electron chi connectivity index (χ1n) is 10.3. The first kappa shape index (κ1) is 21.6. The predicted octanol–water partition coefficient (Wildman–Crippen LogP) is 3.19. The molecular formula is C23H27ClN4O3. The number of rotatable bonds is 5. The summed E-state index contributed by atoms with van der Waals surface area (Å²) in [5.41, 5.74) is 2.20. The van der Waals surface area contributed by atoms with Crippen LogP contribution in [0.2, 0.25) is 5.02 Å². The Morgan fingerprint density at radius 3 is 2.90 bits per heavy atom. The van der Waals surface area contributed by atoms with Crippen LogP contribution in [0.4, 0.5) is 5.69 Å². The van der Waals surface area contributed by atoms with Crippen molar-refractivity contribution >= 4 is 29.0 Å². The van der Waals surface area contributed by atoms with Crippen LogP contribution in [0, 0.1) is 0 Å². The van der Waals surface area contributed by atoms with Gasteiger partial charge >= 0.3 is 0 Å². The number of halogens is 1. The SMILES string of the molecule is COCCN=C1Nc2ccccc2CN[C@]12CCN(C(=O)c1cc(Cl)ccc1OC)C2. The smallest absolute Gasteiger partial charge is 0.257 e. The van der Waals surface area contributed by atoms with E-state index in [-0.39, 0.29) is 5.91 Å². The molecule has 4 rings (SSSR count). The van der Waals surface area contributed by atoms with Crippen LogP contribution in [0.25, 0.3) is 0 Å². The summed E-state index contributed by atoms with van der Waals surface area (Å²) in [6, 6.07) is 13.3. The number of carbonyl (C=O) groups excluding carboxylic acids is 1. The number of aliphatic imine (C=N–C) groups is 1. The van der Waals surface area contributed by atoms with Crippen molar-refractivity contribution < 1.29 is 14.3 Å². The highest BCUT2D eigenvalue weighted by Crippen LogP contribution is 2.32. The highest BCUT2D eigenvalue weighted by molar-refractivity contribution is 6.31. The van der Waals surface area contributed by atoms with Crippen LogP contribution in [-0.2, 0) is 11.3 Å². The van der Waals surface area contributed by atoms with E-state index in [4.69, 9.17) is 26.1 Å². The molecule has 1 spiro atoms. The number of benzene rings is 2. The Morgan fingerprint density at radius 2 is 2.10 bits per heavy atom. The first-order valence-corrected chi connectivity index (χ1v) is 10.7. The van der Waals surface area contributed by atoms with E-state index in [9.17, 15) is 4.79 Å². The molecule has 2 aliphatic rings. The molecule has 0 radical (unpaired) electrons. The zero-order valence-electron chi connectivity index (χ0n) is 17.8. The van der Waals surface area contributed by atoms with Crippen molar-refractivity contribution in [2.75, 3.05) is 45.8 Å². The van der Waals surface area contributed by atoms with Gasteiger partial charge < -0.3 is 19.7 Å². The average Bonchev–Trinajstić information content (AvgIpc) is 3.16. The summed E-state index contributed by atoms with van der Waals surface area (Å²) in [7, 11) is 3.22. The number of fused-ring (bicyclic) bond motifs is 1. The van der Waals surface area contributed by atoms with Crippen molar-refractivity contribution in [3.63, 3.8) is 0 Å². The van der Waals surface area contributed by atoms with Gasteiger partial charge in [-0.1, -0.05) is 29.8 Å². The van der Waals surface area contributed by atoms with Crippen LogP contribution >= 0.6 is 11.6 Å². The number of para-hydroxylation sites is 1. The molecule has 2 aromatic carbocycles. The summed E-state index contributed by atoms with van der Waals surface area (Å²) in [5.74, 6) is 1.25. The average molecular weight is 443 g/mol. The summed E-state index contributed by atoms with van der Waals surface area (Å²) in [4.78, 5) is 20.0. The Labute approximate surface area is 187 Å². The number of methoxy groups -OCH3 is 2. The lowest BCUT2D eigenvalue weighted by Gasteiger charge is -2.30. The highest BCUT2D eigenvalue weighted by atomic mass is 35.5. The minimum absolute atomic E-state index is 0.101. The number of carbonyl (C=O) groups is 1. The third-order valence-electron chi connectivity index (χ3n) is 5.85. The van der Waals surface area contributed by atoms with Gasteiger partial charge in [-0.05, 0) is 36.2 Å². The third-order valence-corrected chi connectivity index (χ3v) is 6.09. The van der Waals surface area contributed by atoms with Crippen LogP contribution in [0.15, 0.2) is 47.5 Å². The van der Waals surface area contributed by atoms with Gasteiger partial charge in [0.2, 0.25) is 0 Å². The summed E-state index contributed by atoms with van der Waals surface area (Å²) in [6.45, 7) is 2.86. The molecule has 1 atom stereocenters. The van der Waals surface area contributed by atoms with Crippen LogP contribution in [0.5, 0.6) is 5.75 Å². The normalized spacial score (nSPS) is 21.6. The Bertz CT molecular complexity index is 997. The number of ether oxygens (including phenoxy) is 2. The number of likely N-dealkylation sites (tertiary alicyclic amines) is 1. The molecule has 31 heavy (non-hydrogen) atoms. The molecule has 0 aromatic heterocycles. The molecule has 0 saturated carbocycles. The minimum Gasteiger partial charge on any atom is -0.496 e. The molecule has 8 heteroatoms. The largest absolute Gasteiger partial charge is 0.496 e. The standard InChI is InChI=1S/C23H27ClN4O3/c1-30-12-10-25-22-23(26-14-16-5-3-4-6-19(16)27-22)9-11-28(15-23)21(29)18-13-17(24)7-8-20(18)31-2/h3-8,13,26H,9-12,14-15H2,1-2H3,(H,25,27)/t23-/m0/s1. The quantitative estimate of drug-likeness (QED) is 0.695. The van der Waals surface area contributed by atoms with Crippen molar-refractivity contribution in [3.05, 3.63) is 58.6 Å². The molecule has 2 N–H and O–H groups in total. The number of anilines is 1. The molecule has 2 aromatic rings. The van der Waals surface area contributed by atoms with Gasteiger partial charge in [-0.25, -0.2) is 0 Å². The summed E-state index contributed by atoms with van der Waals surface area (Å²) in [6.07, 6.45) is 0.744. The van der Waals surface area contributed by atoms with E-state index in [1.807, 2.05) is 17.0 Å². The highest BCUT2D eigenvalue weighted by Gasteiger charge is 2.45. The Hall–Kier alpha value is -2.61. The summed E-state index contributed by atoms with van der Waals surface area (Å²) in [5, 5.41) is 7.72. The molecular weight excluding hydrogens is 416 g/mol. The fraction of sp³-hybridized carbons (Fsp3) is 0.391. The molecule has 1 saturated heterocycles. The lowest BCUT2D eigenvalue weighted by molar-refractivity contribution is 0.0782. The maximum Gasteiger partial charge on any atom is 0.257 e. The van der Waals surface area contributed by atoms with E-state index >= 15 is 0 Å². The first-order chi connectivity index (χ1) is 15.1. The topological polar surface area (TPSA) is 75.2 Å². The number of nitrogens with one attached hydrogen (secondary N) is 2. The van der Waals surface area contributed by atoms with E-state index < -0.39 is 5.54 Å². The lowest BCUT2D eigenvalue weighted by Crippen LogP contribution is -2.55. The van der Waals surface area contributed by atoms with Crippen LogP contribution < -0.4 is 15.4 Å². The van der Waals surface area contributed by atoms with Crippen molar-refractivity contribution in [1.82, 2.24) is 10.2 Å². The molecule has 1 fully saturated rings. The Morgan fingerprint density at radius 1 is 1.26 bits per heavy atom. The predicted molar refractivity (Wildman–Crippen MR) is 122 cm³/mol. The van der Waals surface area contributed by atoms with Crippen molar-refractivity contribution in [1.29, 1.82) is 0 Å². The van der Waals surface area contributed by atoms with Crippen LogP contribution in [0.1, 0.15) is 22.3 Å². The molecule has 0 unspecified atom stereocenters. The van der Waals surface area contributed by atoms with E-state index in [1.165, 1.54) is 5.56 Å². The molecule has 164 valence electrons. The Kier molecular flexibility index (Phi) is 6.46. The molecule has 1 amide bonds. The van der Waals surface area contributed by atoms with Gasteiger partial charge in [-0.15, -0.1) is 0 Å². The maximum absolute atomic E-state index is 13.4. The maximum atomic E-state index is 13.4. The van der Waals surface area contributed by atoms with E-state index in [0.717, 1.165) is 17.9 Å². The monoisotopic (exact) mass is 442 g/mol. The number of nitrogens with zero attached hydrogens (tertiary/aromatic N) is 2. The van der Waals surface area contributed by atoms with Gasteiger partial charge in [0, 0.05) is 37.5 Å². The van der Waals surface area contributed by atoms with Crippen LogP contribution in [-0.4, -0.2) is 62.6 Å². The second-order valence-electron chi connectivity index (χ2n) is 7.76. The van der Waals surface area contributed by atoms with E-state index in [0.29, 0.717) is 49.1 Å². The molecule has 0 bridgehead atoms. The molecule has 2 heterocycles. The number of amidine groups is 1. The molecule has 7 nitrogen and oxygen atoms in total. The molecule has 0 aliphatic carbocycles. The lowest BCUT2D eigenvalue weighted by atomic mass is 9.96. The minimum atomic E-state index is -0.464. The van der Waals surface area contributed by atoms with E-state index in [1.54, 1.807) is 32.4 Å². The van der Waals surface area contributed by atoms with Gasteiger partial charge in [0.05, 0.1) is 31.4 Å². The third kappa shape index (κ3) is 4.39. The fourth-order valence-corrected chi connectivity index (χ4v) is 4.34. The van der Waals surface area contributed by atoms with Gasteiger partial charge in [-0.2, -0.15) is 0 Å². The van der Waals surface area contributed by atoms with Gasteiger partial charge in [0.1, 0.15) is 11.6 Å². The number of amides is 1. The van der Waals surface area contributed by atoms with Crippen molar-refractivity contribution in [3.8, 4) is 5.75 Å². The number of hydrogen-bond donors (Lipinski definition) is 2. The van der Waals surface area contributed by atoms with Crippen molar-refractivity contribution in [2.45, 2.75) is 18.5 Å².